The molecule has 88 valence electrons. The zero-order valence-corrected chi connectivity index (χ0v) is 10.5. The molecule has 2 rings (SSSR count). The molecule has 16 heavy (non-hydrogen) atoms. The summed E-state index contributed by atoms with van der Waals surface area (Å²) in [5.41, 5.74) is 0. The molecule has 1 saturated heterocycles. The predicted octanol–water partition coefficient (Wildman–Crippen LogP) is 1.66. The van der Waals surface area contributed by atoms with Gasteiger partial charge in [0.2, 0.25) is 0 Å². The first-order valence-corrected chi connectivity index (χ1v) is 6.03. The number of likely N-dealkylation sites (N-methyl/N-ethyl adjacent to an activating group) is 1. The Balaban J connectivity index is 2.08. The molecule has 2 heterocycles. The van der Waals surface area contributed by atoms with Crippen LogP contribution in [0.5, 0.6) is 0 Å². The summed E-state index contributed by atoms with van der Waals surface area (Å²) in [5, 5.41) is 8.45. The van der Waals surface area contributed by atoms with Gasteiger partial charge >= 0.3 is 0 Å². The van der Waals surface area contributed by atoms with Crippen molar-refractivity contribution in [2.75, 3.05) is 31.6 Å². The van der Waals surface area contributed by atoms with E-state index in [9.17, 15) is 0 Å². The van der Waals surface area contributed by atoms with Gasteiger partial charge in [-0.15, -0.1) is 10.2 Å². The maximum absolute atomic E-state index is 5.73. The molecule has 0 aromatic carbocycles. The van der Waals surface area contributed by atoms with Gasteiger partial charge < -0.3 is 4.90 Å². The number of halogens is 1. The largest absolute Gasteiger partial charge is 0.352 e. The van der Waals surface area contributed by atoms with Crippen molar-refractivity contribution in [1.29, 1.82) is 0 Å². The minimum Gasteiger partial charge on any atom is -0.352 e. The van der Waals surface area contributed by atoms with E-state index in [0.717, 1.165) is 31.9 Å². The molecular formula is C11H17ClN4. The van der Waals surface area contributed by atoms with E-state index in [1.807, 2.05) is 6.07 Å². The van der Waals surface area contributed by atoms with Crippen molar-refractivity contribution < 1.29 is 0 Å². The molecule has 0 radical (unpaired) electrons. The summed E-state index contributed by atoms with van der Waals surface area (Å²) in [6.07, 6.45) is 1.16. The lowest BCUT2D eigenvalue weighted by atomic mass is 10.1. The lowest BCUT2D eigenvalue weighted by molar-refractivity contribution is 0.212. The Bertz CT molecular complexity index is 340. The molecule has 0 N–H and O–H groups in total. The van der Waals surface area contributed by atoms with Crippen LogP contribution in [-0.2, 0) is 0 Å². The smallest absolute Gasteiger partial charge is 0.151 e. The predicted molar refractivity (Wildman–Crippen MR) is 66.0 cm³/mol. The molecule has 0 saturated carbocycles. The molecule has 1 aliphatic rings. The number of nitrogens with zero attached hydrogens (tertiary/aromatic N) is 4. The maximum Gasteiger partial charge on any atom is 0.151 e. The number of hydrogen-bond donors (Lipinski definition) is 0. The first-order chi connectivity index (χ1) is 7.70. The molecular weight excluding hydrogens is 224 g/mol. The first-order valence-electron chi connectivity index (χ1n) is 5.65. The van der Waals surface area contributed by atoms with Crippen LogP contribution in [0.25, 0.3) is 0 Å². The molecule has 0 bridgehead atoms. The van der Waals surface area contributed by atoms with Gasteiger partial charge in [0.05, 0.1) is 0 Å². The minimum atomic E-state index is 0.449. The van der Waals surface area contributed by atoms with Crippen LogP contribution in [0.15, 0.2) is 12.1 Å². The Morgan fingerprint density at radius 2 is 2.19 bits per heavy atom. The highest BCUT2D eigenvalue weighted by Crippen LogP contribution is 2.17. The zero-order chi connectivity index (χ0) is 11.5. The Morgan fingerprint density at radius 3 is 2.81 bits per heavy atom. The normalized spacial score (nSPS) is 22.4. The maximum atomic E-state index is 5.73. The fourth-order valence-corrected chi connectivity index (χ4v) is 2.17. The average molecular weight is 241 g/mol. The van der Waals surface area contributed by atoms with E-state index in [0.29, 0.717) is 11.2 Å². The lowest BCUT2D eigenvalue weighted by Crippen LogP contribution is -2.51. The highest BCUT2D eigenvalue weighted by molar-refractivity contribution is 6.29. The van der Waals surface area contributed by atoms with Crippen molar-refractivity contribution in [1.82, 2.24) is 15.1 Å². The van der Waals surface area contributed by atoms with Gasteiger partial charge in [-0.25, -0.2) is 0 Å². The first kappa shape index (κ1) is 11.6. The van der Waals surface area contributed by atoms with Gasteiger partial charge in [0.1, 0.15) is 0 Å². The number of hydrogen-bond acceptors (Lipinski definition) is 4. The van der Waals surface area contributed by atoms with Gasteiger partial charge in [0.15, 0.2) is 11.0 Å². The molecule has 1 unspecified atom stereocenters. The van der Waals surface area contributed by atoms with Crippen molar-refractivity contribution in [2.45, 2.75) is 19.4 Å². The molecule has 1 fully saturated rings. The van der Waals surface area contributed by atoms with Gasteiger partial charge in [-0.3, -0.25) is 4.90 Å². The summed E-state index contributed by atoms with van der Waals surface area (Å²) >= 11 is 5.73. The Kier molecular flexibility index (Phi) is 3.61. The quantitative estimate of drug-likeness (QED) is 0.787. The fraction of sp³-hybridized carbons (Fsp3) is 0.636. The number of rotatable bonds is 2. The molecule has 1 aromatic rings. The Morgan fingerprint density at radius 1 is 1.38 bits per heavy atom. The molecule has 0 aliphatic carbocycles. The van der Waals surface area contributed by atoms with Crippen LogP contribution < -0.4 is 4.90 Å². The van der Waals surface area contributed by atoms with Crippen LogP contribution >= 0.6 is 11.6 Å². The van der Waals surface area contributed by atoms with Crippen molar-refractivity contribution in [3.63, 3.8) is 0 Å². The van der Waals surface area contributed by atoms with Crippen LogP contribution in [0, 0.1) is 0 Å². The molecule has 0 amide bonds. The van der Waals surface area contributed by atoms with E-state index in [2.05, 4.69) is 34.0 Å². The summed E-state index contributed by atoms with van der Waals surface area (Å²) in [4.78, 5) is 4.68. The van der Waals surface area contributed by atoms with Gasteiger partial charge in [-0.2, -0.15) is 0 Å². The van der Waals surface area contributed by atoms with Gasteiger partial charge in [-0.1, -0.05) is 18.5 Å². The topological polar surface area (TPSA) is 32.3 Å². The van der Waals surface area contributed by atoms with E-state index >= 15 is 0 Å². The minimum absolute atomic E-state index is 0.449. The molecule has 1 aliphatic heterocycles. The fourth-order valence-electron chi connectivity index (χ4n) is 2.07. The van der Waals surface area contributed by atoms with Crippen molar-refractivity contribution >= 4 is 17.4 Å². The monoisotopic (exact) mass is 240 g/mol. The summed E-state index contributed by atoms with van der Waals surface area (Å²) in [6, 6.07) is 4.34. The number of piperazine rings is 1. The Labute approximate surface area is 101 Å². The van der Waals surface area contributed by atoms with E-state index in [1.165, 1.54) is 0 Å². The third kappa shape index (κ3) is 2.44. The van der Waals surface area contributed by atoms with E-state index in [-0.39, 0.29) is 0 Å². The molecule has 1 aromatic heterocycles. The summed E-state index contributed by atoms with van der Waals surface area (Å²) < 4.78 is 0. The summed E-state index contributed by atoms with van der Waals surface area (Å²) in [7, 11) is 2.18. The summed E-state index contributed by atoms with van der Waals surface area (Å²) in [6.45, 7) is 5.31. The molecule has 4 nitrogen and oxygen atoms in total. The third-order valence-corrected chi connectivity index (χ3v) is 3.39. The van der Waals surface area contributed by atoms with E-state index < -0.39 is 0 Å². The van der Waals surface area contributed by atoms with Crippen molar-refractivity contribution in [2.24, 2.45) is 0 Å². The Hall–Kier alpha value is -0.870. The zero-order valence-electron chi connectivity index (χ0n) is 9.73. The molecule has 5 heteroatoms. The second-order valence-electron chi connectivity index (χ2n) is 4.20. The number of anilines is 1. The van der Waals surface area contributed by atoms with Crippen LogP contribution in [-0.4, -0.2) is 47.8 Å². The molecule has 0 spiro atoms. The molecule has 1 atom stereocenters. The van der Waals surface area contributed by atoms with Crippen LogP contribution in [0.2, 0.25) is 5.15 Å². The van der Waals surface area contributed by atoms with E-state index in [4.69, 9.17) is 11.6 Å². The SMILES string of the molecule is CCC1CN(c2ccc(Cl)nn2)CCN1C. The van der Waals surface area contributed by atoms with Crippen molar-refractivity contribution in [3.8, 4) is 0 Å². The second-order valence-corrected chi connectivity index (χ2v) is 4.59. The average Bonchev–Trinajstić information content (AvgIpc) is 2.31. The van der Waals surface area contributed by atoms with Crippen LogP contribution in [0.4, 0.5) is 5.82 Å². The van der Waals surface area contributed by atoms with Gasteiger partial charge in [0.25, 0.3) is 0 Å². The lowest BCUT2D eigenvalue weighted by Gasteiger charge is -2.39. The third-order valence-electron chi connectivity index (χ3n) is 3.19. The van der Waals surface area contributed by atoms with Gasteiger partial charge in [-0.05, 0) is 25.6 Å². The van der Waals surface area contributed by atoms with Crippen molar-refractivity contribution in [3.05, 3.63) is 17.3 Å². The number of aromatic nitrogens is 2. The van der Waals surface area contributed by atoms with Gasteiger partial charge in [0, 0.05) is 25.7 Å². The van der Waals surface area contributed by atoms with Crippen LogP contribution in [0.3, 0.4) is 0 Å². The van der Waals surface area contributed by atoms with Crippen LogP contribution in [0.1, 0.15) is 13.3 Å². The highest BCUT2D eigenvalue weighted by Gasteiger charge is 2.23. The highest BCUT2D eigenvalue weighted by atomic mass is 35.5. The standard InChI is InChI=1S/C11H17ClN4/c1-3-9-8-16(7-6-15(9)2)11-5-4-10(12)13-14-11/h4-5,9H,3,6-8H2,1-2H3. The summed E-state index contributed by atoms with van der Waals surface area (Å²) in [5.74, 6) is 0.927. The van der Waals surface area contributed by atoms with E-state index in [1.54, 1.807) is 6.07 Å². The second kappa shape index (κ2) is 4.97.